The van der Waals surface area contributed by atoms with Gasteiger partial charge in [-0.15, -0.1) is 0 Å². The van der Waals surface area contributed by atoms with Gasteiger partial charge in [0.05, 0.1) is 45.4 Å². The summed E-state index contributed by atoms with van der Waals surface area (Å²) in [5, 5.41) is 4.87. The molecule has 0 unspecified atom stereocenters. The lowest BCUT2D eigenvalue weighted by atomic mass is 9.78. The molecule has 0 bridgehead atoms. The monoisotopic (exact) mass is 1460 g/mol. The molecule has 1 aliphatic rings. The van der Waals surface area contributed by atoms with E-state index in [9.17, 15) is 0 Å². The van der Waals surface area contributed by atoms with Crippen molar-refractivity contribution in [2.45, 2.75) is 38.9 Å². The molecule has 16 aromatic rings. The highest BCUT2D eigenvalue weighted by atomic mass is 79.9. The summed E-state index contributed by atoms with van der Waals surface area (Å²) in [6.07, 6.45) is 0. The lowest BCUT2D eigenvalue weighted by Gasteiger charge is -2.32. The largest absolute Gasteiger partial charge is 0.494 e. The molecule has 0 atom stereocenters. The lowest BCUT2D eigenvalue weighted by Crippen LogP contribution is -2.41. The van der Waals surface area contributed by atoms with Gasteiger partial charge >= 0.3 is 7.12 Å². The minimum Gasteiger partial charge on any atom is -0.399 e. The molecule has 1 fully saturated rings. The van der Waals surface area contributed by atoms with Crippen molar-refractivity contribution in [3.63, 3.8) is 0 Å². The molecule has 496 valence electrons. The highest BCUT2D eigenvalue weighted by Crippen LogP contribution is 2.39. The topological polar surface area (TPSA) is 95.8 Å². The molecule has 1 saturated heterocycles. The molecule has 1 aliphatic heterocycles. The normalized spacial score (nSPS) is 12.8. The number of rotatable bonds is 12. The van der Waals surface area contributed by atoms with Gasteiger partial charge in [-0.2, -0.15) is 0 Å². The van der Waals surface area contributed by atoms with Crippen molar-refractivity contribution in [3.8, 4) is 124 Å². The van der Waals surface area contributed by atoms with E-state index in [4.69, 9.17) is 39.2 Å². The first-order valence-electron chi connectivity index (χ1n) is 34.3. The van der Waals surface area contributed by atoms with Crippen LogP contribution in [-0.2, 0) is 9.31 Å². The SMILES string of the molecule is Brc1ccc2ccc(Br)cc2c1.CC1(C)OB(c2cccc(-c3cc(-c4ccccc4)nc(-c4ccccc4)n3)c2)OC1(C)C.c1ccc(-c2cc(-c3cccc(-c4ccc5ccc(-c6cccc(-c7cc(-c8ccccc8)nc(-c8ccccc8)n7)c6)cc5c4)c3)nc(-c3ccccc3)n2)cc1. The average molecular weight is 1460 g/mol. The number of fused-ring (bicyclic) bond motifs is 2. The van der Waals surface area contributed by atoms with Crippen molar-refractivity contribution < 1.29 is 9.31 Å². The number of aromatic nitrogens is 6. The van der Waals surface area contributed by atoms with Crippen molar-refractivity contribution in [1.29, 1.82) is 0 Å². The fraction of sp³-hybridized carbons (Fsp3) is 0.0652. The number of halogens is 2. The van der Waals surface area contributed by atoms with Crippen LogP contribution in [0.5, 0.6) is 0 Å². The maximum absolute atomic E-state index is 6.27. The van der Waals surface area contributed by atoms with Crippen LogP contribution in [0.1, 0.15) is 27.7 Å². The number of hydrogen-bond acceptors (Lipinski definition) is 8. The molecule has 0 saturated carbocycles. The fourth-order valence-electron chi connectivity index (χ4n) is 12.5. The van der Waals surface area contributed by atoms with Crippen LogP contribution < -0.4 is 5.46 Å². The van der Waals surface area contributed by atoms with Gasteiger partial charge in [-0.25, -0.2) is 29.9 Å². The summed E-state index contributed by atoms with van der Waals surface area (Å²) >= 11 is 6.88. The number of benzene rings is 13. The standard InChI is InChI=1S/C54H36N4.C28H27BN2O2.C10H6Br2/c1-5-15-38(16-6-1)49-35-51(57-53(55-49)40-19-9-3-10-20-40)46-25-13-23-42(31-46)44-29-27-37-28-30-45(34-48(37)33-44)43-24-14-26-47(32-43)52-36-50(39-17-7-2-8-18-39)56-54(58-52)41-21-11-4-12-22-41;1-27(2)28(3,4)33-29(32-27)23-17-11-16-22(18-23)25-19-24(20-12-7-5-8-13-20)30-26(31-25)21-14-9-6-10-15-21;11-9-3-1-7-2-4-10(12)6-8(7)5-9/h1-36H;5-19H,1-4H3;1-6H. The Morgan fingerprint density at radius 2 is 0.485 bits per heavy atom. The van der Waals surface area contributed by atoms with Crippen LogP contribution in [0.25, 0.3) is 146 Å². The van der Waals surface area contributed by atoms with E-state index in [1.807, 2.05) is 140 Å². The van der Waals surface area contributed by atoms with E-state index in [1.165, 1.54) is 21.5 Å². The molecule has 0 aliphatic carbocycles. The molecule has 0 N–H and O–H groups in total. The third kappa shape index (κ3) is 15.6. The van der Waals surface area contributed by atoms with E-state index in [-0.39, 0.29) is 11.2 Å². The van der Waals surface area contributed by atoms with Crippen LogP contribution >= 0.6 is 31.9 Å². The highest BCUT2D eigenvalue weighted by Gasteiger charge is 2.51. The Balaban J connectivity index is 0.000000158. The lowest BCUT2D eigenvalue weighted by molar-refractivity contribution is 0.00578. The zero-order valence-corrected chi connectivity index (χ0v) is 60.4. The smallest absolute Gasteiger partial charge is 0.399 e. The second kappa shape index (κ2) is 30.0. The molecule has 0 spiro atoms. The van der Waals surface area contributed by atoms with Gasteiger partial charge in [0.2, 0.25) is 0 Å². The molecular formula is C92H69BBr2N6O2. The third-order valence-corrected chi connectivity index (χ3v) is 19.8. The van der Waals surface area contributed by atoms with Crippen molar-refractivity contribution in [3.05, 3.63) is 355 Å². The zero-order chi connectivity index (χ0) is 70.3. The van der Waals surface area contributed by atoms with Gasteiger partial charge in [-0.1, -0.05) is 311 Å². The van der Waals surface area contributed by atoms with E-state index < -0.39 is 7.12 Å². The molecule has 13 aromatic carbocycles. The van der Waals surface area contributed by atoms with E-state index in [2.05, 4.69) is 266 Å². The second-order valence-electron chi connectivity index (χ2n) is 26.4. The molecule has 17 rings (SSSR count). The van der Waals surface area contributed by atoms with Gasteiger partial charge in [0, 0.05) is 53.5 Å². The average Bonchev–Trinajstić information content (AvgIpc) is 1.69. The highest BCUT2D eigenvalue weighted by molar-refractivity contribution is 9.10. The Hall–Kier alpha value is -11.4. The van der Waals surface area contributed by atoms with Crippen molar-refractivity contribution >= 4 is 66.0 Å². The summed E-state index contributed by atoms with van der Waals surface area (Å²) in [5.74, 6) is 2.11. The Morgan fingerprint density at radius 3 is 0.835 bits per heavy atom. The van der Waals surface area contributed by atoms with E-state index in [0.717, 1.165) is 121 Å². The van der Waals surface area contributed by atoms with Crippen LogP contribution in [0.2, 0.25) is 0 Å². The summed E-state index contributed by atoms with van der Waals surface area (Å²) in [4.78, 5) is 29.9. The predicted octanol–water partition coefficient (Wildman–Crippen LogP) is 23.9. The van der Waals surface area contributed by atoms with Crippen LogP contribution in [0, 0.1) is 0 Å². The first-order chi connectivity index (χ1) is 50.3. The quantitative estimate of drug-likeness (QED) is 0.112. The maximum Gasteiger partial charge on any atom is 0.494 e. The van der Waals surface area contributed by atoms with Crippen LogP contribution in [0.15, 0.2) is 355 Å². The molecule has 0 radical (unpaired) electrons. The van der Waals surface area contributed by atoms with Gasteiger partial charge in [-0.05, 0) is 149 Å². The summed E-state index contributed by atoms with van der Waals surface area (Å²) in [7, 11) is -0.418. The molecule has 0 amide bonds. The van der Waals surface area contributed by atoms with Gasteiger partial charge < -0.3 is 9.31 Å². The molecule has 103 heavy (non-hydrogen) atoms. The van der Waals surface area contributed by atoms with Crippen LogP contribution in [-0.4, -0.2) is 48.2 Å². The van der Waals surface area contributed by atoms with Crippen LogP contribution in [0.4, 0.5) is 0 Å². The summed E-state index contributed by atoms with van der Waals surface area (Å²) in [6.45, 7) is 8.28. The number of hydrogen-bond donors (Lipinski definition) is 0. The molecule has 11 heteroatoms. The van der Waals surface area contributed by atoms with E-state index in [0.29, 0.717) is 17.5 Å². The maximum atomic E-state index is 6.27. The number of nitrogens with zero attached hydrogens (tertiary/aromatic N) is 6. The molecule has 4 heterocycles. The van der Waals surface area contributed by atoms with Gasteiger partial charge in [0.1, 0.15) is 0 Å². The van der Waals surface area contributed by atoms with Crippen molar-refractivity contribution in [2.24, 2.45) is 0 Å². The second-order valence-corrected chi connectivity index (χ2v) is 28.2. The Morgan fingerprint density at radius 1 is 0.223 bits per heavy atom. The Bertz CT molecular complexity index is 5250. The first-order valence-corrected chi connectivity index (χ1v) is 35.9. The van der Waals surface area contributed by atoms with Crippen molar-refractivity contribution in [2.75, 3.05) is 0 Å². The summed E-state index contributed by atoms with van der Waals surface area (Å²) < 4.78 is 14.8. The van der Waals surface area contributed by atoms with Gasteiger partial charge in [0.25, 0.3) is 0 Å². The molecular weight excluding hydrogens is 1390 g/mol. The van der Waals surface area contributed by atoms with Crippen LogP contribution in [0.3, 0.4) is 0 Å². The Labute approximate surface area is 618 Å². The minimum absolute atomic E-state index is 0.385. The van der Waals surface area contributed by atoms with Gasteiger partial charge in [0.15, 0.2) is 17.5 Å². The minimum atomic E-state index is -0.418. The summed E-state index contributed by atoms with van der Waals surface area (Å²) in [5.41, 5.74) is 19.2. The first kappa shape index (κ1) is 67.4. The molecule has 8 nitrogen and oxygen atoms in total. The van der Waals surface area contributed by atoms with Crippen molar-refractivity contribution in [1.82, 2.24) is 29.9 Å². The van der Waals surface area contributed by atoms with E-state index >= 15 is 0 Å². The van der Waals surface area contributed by atoms with Gasteiger partial charge in [-0.3, -0.25) is 0 Å². The summed E-state index contributed by atoms with van der Waals surface area (Å²) in [6, 6.07) is 119. The third-order valence-electron chi connectivity index (χ3n) is 18.8. The fourth-order valence-corrected chi connectivity index (χ4v) is 13.3. The molecule has 3 aromatic heterocycles. The zero-order valence-electron chi connectivity index (χ0n) is 57.2. The Kier molecular flexibility index (Phi) is 19.6. The van der Waals surface area contributed by atoms with E-state index in [1.54, 1.807) is 0 Å². The predicted molar refractivity (Wildman–Crippen MR) is 432 cm³/mol.